The van der Waals surface area contributed by atoms with E-state index in [4.69, 9.17) is 21.1 Å². The first kappa shape index (κ1) is 16.2. The summed E-state index contributed by atoms with van der Waals surface area (Å²) in [5.74, 6) is 0.435. The van der Waals surface area contributed by atoms with Gasteiger partial charge in [0.15, 0.2) is 11.5 Å². The van der Waals surface area contributed by atoms with Gasteiger partial charge >= 0.3 is 6.03 Å². The van der Waals surface area contributed by atoms with E-state index in [9.17, 15) is 9.59 Å². The van der Waals surface area contributed by atoms with Crippen LogP contribution in [0.2, 0.25) is 5.02 Å². The van der Waals surface area contributed by atoms with Gasteiger partial charge in [-0.1, -0.05) is 18.5 Å². The third-order valence-electron chi connectivity index (χ3n) is 3.18. The molecule has 1 aromatic carbocycles. The molecule has 1 fully saturated rings. The van der Waals surface area contributed by atoms with E-state index in [0.717, 1.165) is 6.42 Å². The predicted octanol–water partition coefficient (Wildman–Crippen LogP) is 2.71. The average molecular weight is 325 g/mol. The number of hydrogen-bond acceptors (Lipinski definition) is 4. The molecule has 0 aliphatic carbocycles. The number of methoxy groups -OCH3 is 1. The Kier molecular flexibility index (Phi) is 4.92. The van der Waals surface area contributed by atoms with Gasteiger partial charge in [0.05, 0.1) is 18.2 Å². The Morgan fingerprint density at radius 1 is 1.32 bits per heavy atom. The van der Waals surface area contributed by atoms with Gasteiger partial charge in [0.1, 0.15) is 5.70 Å². The molecule has 7 heteroatoms. The second kappa shape index (κ2) is 6.70. The van der Waals surface area contributed by atoms with E-state index < -0.39 is 11.9 Å². The lowest BCUT2D eigenvalue weighted by Crippen LogP contribution is -2.22. The van der Waals surface area contributed by atoms with Crippen molar-refractivity contribution in [3.8, 4) is 11.5 Å². The van der Waals surface area contributed by atoms with Gasteiger partial charge in [-0.15, -0.1) is 0 Å². The van der Waals surface area contributed by atoms with Gasteiger partial charge in [-0.2, -0.15) is 0 Å². The second-order valence-corrected chi connectivity index (χ2v) is 5.24. The Bertz CT molecular complexity index is 643. The van der Waals surface area contributed by atoms with E-state index in [1.165, 1.54) is 13.2 Å². The minimum Gasteiger partial charge on any atom is -0.493 e. The molecule has 0 saturated carbocycles. The maximum atomic E-state index is 11.5. The second-order valence-electron chi connectivity index (χ2n) is 4.84. The van der Waals surface area contributed by atoms with Crippen LogP contribution in [0.15, 0.2) is 17.8 Å². The number of benzene rings is 1. The van der Waals surface area contributed by atoms with Crippen molar-refractivity contribution < 1.29 is 19.1 Å². The molecular formula is C15H17ClN2O4. The summed E-state index contributed by atoms with van der Waals surface area (Å²) in [5, 5.41) is 4.91. The fourth-order valence-electron chi connectivity index (χ4n) is 1.87. The minimum absolute atomic E-state index is 0.00416. The Balaban J connectivity index is 2.35. The zero-order chi connectivity index (χ0) is 16.3. The molecule has 1 heterocycles. The van der Waals surface area contributed by atoms with Crippen LogP contribution in [0.25, 0.3) is 6.08 Å². The van der Waals surface area contributed by atoms with E-state index in [2.05, 4.69) is 10.6 Å². The molecule has 1 aliphatic heterocycles. The van der Waals surface area contributed by atoms with Crippen molar-refractivity contribution in [2.24, 2.45) is 0 Å². The van der Waals surface area contributed by atoms with Gasteiger partial charge < -0.3 is 14.8 Å². The van der Waals surface area contributed by atoms with Crippen LogP contribution in [0.5, 0.6) is 11.5 Å². The number of amides is 3. The van der Waals surface area contributed by atoms with Gasteiger partial charge in [-0.05, 0) is 37.1 Å². The molecule has 3 amide bonds. The molecule has 1 aliphatic rings. The van der Waals surface area contributed by atoms with Crippen molar-refractivity contribution in [1.29, 1.82) is 0 Å². The van der Waals surface area contributed by atoms with E-state index >= 15 is 0 Å². The first-order chi connectivity index (χ1) is 10.4. The van der Waals surface area contributed by atoms with Crippen LogP contribution in [0, 0.1) is 0 Å². The largest absolute Gasteiger partial charge is 0.493 e. The highest BCUT2D eigenvalue weighted by atomic mass is 35.5. The van der Waals surface area contributed by atoms with Crippen LogP contribution >= 0.6 is 11.6 Å². The van der Waals surface area contributed by atoms with Crippen molar-refractivity contribution in [3.63, 3.8) is 0 Å². The molecular weight excluding hydrogens is 308 g/mol. The third kappa shape index (κ3) is 3.51. The van der Waals surface area contributed by atoms with Gasteiger partial charge in [-0.25, -0.2) is 4.79 Å². The first-order valence-electron chi connectivity index (χ1n) is 6.82. The SMILES string of the molecule is CC[C@@H](C)Oc1c(Cl)cc(/C=C2/NC(=O)NC2=O)cc1OC. The maximum Gasteiger partial charge on any atom is 0.326 e. The number of urea groups is 1. The number of ether oxygens (including phenoxy) is 2. The summed E-state index contributed by atoms with van der Waals surface area (Å²) in [7, 11) is 1.51. The normalized spacial score (nSPS) is 17.2. The van der Waals surface area contributed by atoms with Crippen molar-refractivity contribution in [2.75, 3.05) is 7.11 Å². The molecule has 2 rings (SSSR count). The summed E-state index contributed by atoms with van der Waals surface area (Å²) in [5.41, 5.74) is 0.768. The molecule has 1 saturated heterocycles. The molecule has 0 radical (unpaired) electrons. The zero-order valence-electron chi connectivity index (χ0n) is 12.5. The van der Waals surface area contributed by atoms with Gasteiger partial charge in [0, 0.05) is 0 Å². The molecule has 0 aromatic heterocycles. The van der Waals surface area contributed by atoms with Crippen LogP contribution in [0.3, 0.4) is 0 Å². The number of rotatable bonds is 5. The molecule has 2 N–H and O–H groups in total. The lowest BCUT2D eigenvalue weighted by atomic mass is 10.1. The molecule has 6 nitrogen and oxygen atoms in total. The lowest BCUT2D eigenvalue weighted by molar-refractivity contribution is -0.115. The van der Waals surface area contributed by atoms with Crippen LogP contribution in [0.4, 0.5) is 4.79 Å². The van der Waals surface area contributed by atoms with Crippen molar-refractivity contribution >= 4 is 29.6 Å². The maximum absolute atomic E-state index is 11.5. The summed E-state index contributed by atoms with van der Waals surface area (Å²) in [4.78, 5) is 22.6. The molecule has 22 heavy (non-hydrogen) atoms. The topological polar surface area (TPSA) is 76.7 Å². The lowest BCUT2D eigenvalue weighted by Gasteiger charge is -2.17. The highest BCUT2D eigenvalue weighted by molar-refractivity contribution is 6.32. The van der Waals surface area contributed by atoms with Crippen molar-refractivity contribution in [1.82, 2.24) is 10.6 Å². The summed E-state index contributed by atoms with van der Waals surface area (Å²) in [6, 6.07) is 2.78. The van der Waals surface area contributed by atoms with Gasteiger partial charge in [-0.3, -0.25) is 10.1 Å². The fourth-order valence-corrected chi connectivity index (χ4v) is 2.13. The number of carbonyl (C=O) groups is 2. The number of carbonyl (C=O) groups excluding carboxylic acids is 2. The van der Waals surface area contributed by atoms with Gasteiger partial charge in [0.2, 0.25) is 0 Å². The van der Waals surface area contributed by atoms with Crippen molar-refractivity contribution in [2.45, 2.75) is 26.4 Å². The monoisotopic (exact) mass is 324 g/mol. The van der Waals surface area contributed by atoms with Gasteiger partial charge in [0.25, 0.3) is 5.91 Å². The van der Waals surface area contributed by atoms with E-state index in [1.807, 2.05) is 13.8 Å². The Hall–Kier alpha value is -2.21. The molecule has 1 aromatic rings. The van der Waals surface area contributed by atoms with Crippen LogP contribution < -0.4 is 20.1 Å². The number of hydrogen-bond donors (Lipinski definition) is 2. The Morgan fingerprint density at radius 2 is 2.05 bits per heavy atom. The number of nitrogens with one attached hydrogen (secondary N) is 2. The highest BCUT2D eigenvalue weighted by Crippen LogP contribution is 2.37. The third-order valence-corrected chi connectivity index (χ3v) is 3.46. The van der Waals surface area contributed by atoms with Crippen molar-refractivity contribution in [3.05, 3.63) is 28.4 Å². The minimum atomic E-state index is -0.550. The summed E-state index contributed by atoms with van der Waals surface area (Å²) in [6.07, 6.45) is 2.34. The summed E-state index contributed by atoms with van der Waals surface area (Å²) in [6.45, 7) is 3.94. The molecule has 118 valence electrons. The van der Waals surface area contributed by atoms with E-state index in [1.54, 1.807) is 12.1 Å². The smallest absolute Gasteiger partial charge is 0.326 e. The Morgan fingerprint density at radius 3 is 2.59 bits per heavy atom. The predicted molar refractivity (Wildman–Crippen MR) is 83.0 cm³/mol. The quantitative estimate of drug-likeness (QED) is 0.645. The standard InChI is InChI=1S/C15H17ClN2O4/c1-4-8(2)22-13-10(16)5-9(7-12(13)21-3)6-11-14(19)18-15(20)17-11/h5-8H,4H2,1-3H3,(H2,17,18,19,20)/b11-6+/t8-/m1/s1. The van der Waals surface area contributed by atoms with Crippen LogP contribution in [-0.2, 0) is 4.79 Å². The highest BCUT2D eigenvalue weighted by Gasteiger charge is 2.23. The molecule has 0 spiro atoms. The zero-order valence-corrected chi connectivity index (χ0v) is 13.3. The van der Waals surface area contributed by atoms with Crippen LogP contribution in [-0.4, -0.2) is 25.2 Å². The number of halogens is 1. The summed E-state index contributed by atoms with van der Waals surface area (Å²) >= 11 is 6.24. The summed E-state index contributed by atoms with van der Waals surface area (Å²) < 4.78 is 11.1. The molecule has 0 bridgehead atoms. The van der Waals surface area contributed by atoms with Crippen LogP contribution in [0.1, 0.15) is 25.8 Å². The number of imide groups is 1. The Labute approximate surface area is 133 Å². The molecule has 1 atom stereocenters. The fraction of sp³-hybridized carbons (Fsp3) is 0.333. The van der Waals surface area contributed by atoms with E-state index in [-0.39, 0.29) is 11.8 Å². The average Bonchev–Trinajstić information content (AvgIpc) is 2.79. The first-order valence-corrected chi connectivity index (χ1v) is 7.20. The molecule has 0 unspecified atom stereocenters. The van der Waals surface area contributed by atoms with E-state index in [0.29, 0.717) is 22.1 Å².